The van der Waals surface area contributed by atoms with Crippen LogP contribution >= 0.6 is 11.8 Å². The zero-order chi connectivity index (χ0) is 20.3. The van der Waals surface area contributed by atoms with Gasteiger partial charge in [-0.25, -0.2) is 4.79 Å². The molecule has 2 atom stereocenters. The molecule has 1 aromatic heterocycles. The highest BCUT2D eigenvalue weighted by molar-refractivity contribution is 7.99. The van der Waals surface area contributed by atoms with E-state index in [0.29, 0.717) is 17.2 Å². The zero-order valence-electron chi connectivity index (χ0n) is 15.9. The monoisotopic (exact) mass is 402 g/mol. The van der Waals surface area contributed by atoms with Crippen LogP contribution in [0.5, 0.6) is 0 Å². The molecule has 1 saturated heterocycles. The lowest BCUT2D eigenvalue weighted by molar-refractivity contribution is -0.155. The summed E-state index contributed by atoms with van der Waals surface area (Å²) >= 11 is 1.42. The fourth-order valence-corrected chi connectivity index (χ4v) is 4.56. The minimum absolute atomic E-state index is 0.256. The Hall–Kier alpha value is -2.74. The molecule has 8 heteroatoms. The van der Waals surface area contributed by atoms with E-state index in [2.05, 4.69) is 5.32 Å². The number of nitrogens with one attached hydrogen (secondary N) is 1. The summed E-state index contributed by atoms with van der Waals surface area (Å²) in [7, 11) is 0. The predicted octanol–water partition coefficient (Wildman–Crippen LogP) is 3.04. The fraction of sp³-hybridized carbons (Fsp3) is 0.350. The van der Waals surface area contributed by atoms with Gasteiger partial charge in [0.05, 0.1) is 6.26 Å². The topological polar surface area (TPSA) is 88.8 Å². The highest BCUT2D eigenvalue weighted by atomic mass is 32.2. The van der Waals surface area contributed by atoms with Crippen LogP contribution in [-0.4, -0.2) is 41.1 Å². The van der Waals surface area contributed by atoms with Crippen LogP contribution in [0.25, 0.3) is 0 Å². The highest BCUT2D eigenvalue weighted by Gasteiger charge is 2.43. The molecule has 2 heterocycles. The van der Waals surface area contributed by atoms with Crippen molar-refractivity contribution in [2.45, 2.75) is 32.2 Å². The number of amides is 2. The van der Waals surface area contributed by atoms with Crippen molar-refractivity contribution < 1.29 is 23.5 Å². The summed E-state index contributed by atoms with van der Waals surface area (Å²) in [6.07, 6.45) is 1.53. The first-order valence-corrected chi connectivity index (χ1v) is 9.90. The zero-order valence-corrected chi connectivity index (χ0v) is 16.7. The number of rotatable bonds is 5. The van der Waals surface area contributed by atoms with Crippen LogP contribution in [0.2, 0.25) is 0 Å². The summed E-state index contributed by atoms with van der Waals surface area (Å²) in [6, 6.07) is 8.43. The number of benzene rings is 1. The van der Waals surface area contributed by atoms with E-state index in [1.807, 2.05) is 32.0 Å². The third-order valence-corrected chi connectivity index (χ3v) is 5.80. The average molecular weight is 402 g/mol. The molecule has 28 heavy (non-hydrogen) atoms. The van der Waals surface area contributed by atoms with Crippen molar-refractivity contribution in [1.29, 1.82) is 0 Å². The van der Waals surface area contributed by atoms with E-state index < -0.39 is 24.5 Å². The molecule has 1 aromatic carbocycles. The SMILES string of the molecule is CC(=O)N1[C@@H](c2ccco2)SC[C@H]1C(=O)OCC(=O)Nc1c(C)cccc1C. The third kappa shape index (κ3) is 4.22. The Morgan fingerprint density at radius 1 is 1.21 bits per heavy atom. The third-order valence-electron chi connectivity index (χ3n) is 4.51. The van der Waals surface area contributed by atoms with Crippen LogP contribution in [0.15, 0.2) is 41.0 Å². The van der Waals surface area contributed by atoms with E-state index in [-0.39, 0.29) is 11.3 Å². The number of hydrogen-bond acceptors (Lipinski definition) is 6. The normalized spacial score (nSPS) is 18.8. The molecular weight excluding hydrogens is 380 g/mol. The molecule has 7 nitrogen and oxygen atoms in total. The van der Waals surface area contributed by atoms with Gasteiger partial charge in [-0.2, -0.15) is 0 Å². The molecule has 1 aliphatic heterocycles. The quantitative estimate of drug-likeness (QED) is 0.774. The lowest BCUT2D eigenvalue weighted by Crippen LogP contribution is -2.43. The molecule has 0 saturated carbocycles. The maximum Gasteiger partial charge on any atom is 0.330 e. The smallest absolute Gasteiger partial charge is 0.330 e. The largest absolute Gasteiger partial charge is 0.466 e. The van der Waals surface area contributed by atoms with Gasteiger partial charge in [0, 0.05) is 18.4 Å². The number of thioether (sulfide) groups is 1. The van der Waals surface area contributed by atoms with Crippen LogP contribution in [0, 0.1) is 13.8 Å². The number of anilines is 1. The summed E-state index contributed by atoms with van der Waals surface area (Å²) in [5.74, 6) is -0.305. The van der Waals surface area contributed by atoms with Crippen molar-refractivity contribution in [1.82, 2.24) is 4.90 Å². The fourth-order valence-electron chi connectivity index (χ4n) is 3.14. The standard InChI is InChI=1S/C20H22N2O5S/c1-12-6-4-7-13(2)18(12)21-17(24)10-27-20(25)15-11-28-19(22(15)14(3)23)16-8-5-9-26-16/h4-9,15,19H,10-11H2,1-3H3,(H,21,24)/t15-,19+/m0/s1. The van der Waals surface area contributed by atoms with Crippen molar-refractivity contribution in [3.63, 3.8) is 0 Å². The van der Waals surface area contributed by atoms with E-state index in [4.69, 9.17) is 9.15 Å². The van der Waals surface area contributed by atoms with Gasteiger partial charge in [0.25, 0.3) is 5.91 Å². The van der Waals surface area contributed by atoms with Gasteiger partial charge in [-0.15, -0.1) is 11.8 Å². The molecule has 1 aliphatic rings. The summed E-state index contributed by atoms with van der Waals surface area (Å²) in [5.41, 5.74) is 2.56. The molecule has 0 bridgehead atoms. The predicted molar refractivity (Wildman–Crippen MR) is 106 cm³/mol. The van der Waals surface area contributed by atoms with Gasteiger partial charge in [0.1, 0.15) is 17.2 Å². The Morgan fingerprint density at radius 3 is 2.54 bits per heavy atom. The van der Waals surface area contributed by atoms with Gasteiger partial charge in [-0.3, -0.25) is 9.59 Å². The van der Waals surface area contributed by atoms with Crippen molar-refractivity contribution in [3.8, 4) is 0 Å². The molecular formula is C20H22N2O5S. The minimum atomic E-state index is -0.759. The number of carbonyl (C=O) groups excluding carboxylic acids is 3. The lowest BCUT2D eigenvalue weighted by atomic mass is 10.1. The van der Waals surface area contributed by atoms with Crippen LogP contribution < -0.4 is 5.32 Å². The summed E-state index contributed by atoms with van der Waals surface area (Å²) in [6.45, 7) is 4.77. The number of aryl methyl sites for hydroxylation is 2. The Balaban J connectivity index is 1.61. The van der Waals surface area contributed by atoms with Crippen LogP contribution in [0.4, 0.5) is 5.69 Å². The average Bonchev–Trinajstić information content (AvgIpc) is 3.31. The van der Waals surface area contributed by atoms with E-state index in [9.17, 15) is 14.4 Å². The second-order valence-electron chi connectivity index (χ2n) is 6.57. The Labute approximate surface area is 167 Å². The maximum atomic E-state index is 12.5. The van der Waals surface area contributed by atoms with Crippen molar-refractivity contribution >= 4 is 35.2 Å². The molecule has 3 rings (SSSR count). The number of furan rings is 1. The molecule has 0 unspecified atom stereocenters. The number of nitrogens with zero attached hydrogens (tertiary/aromatic N) is 1. The minimum Gasteiger partial charge on any atom is -0.466 e. The molecule has 0 aliphatic carbocycles. The summed E-state index contributed by atoms with van der Waals surface area (Å²) in [5, 5.41) is 2.39. The van der Waals surface area contributed by atoms with E-state index >= 15 is 0 Å². The highest BCUT2D eigenvalue weighted by Crippen LogP contribution is 2.41. The number of ether oxygens (including phenoxy) is 1. The lowest BCUT2D eigenvalue weighted by Gasteiger charge is -2.25. The first-order chi connectivity index (χ1) is 13.4. The molecule has 0 spiro atoms. The number of para-hydroxylation sites is 1. The van der Waals surface area contributed by atoms with Gasteiger partial charge < -0.3 is 19.4 Å². The van der Waals surface area contributed by atoms with Gasteiger partial charge >= 0.3 is 5.97 Å². The second kappa shape index (κ2) is 8.52. The van der Waals surface area contributed by atoms with Crippen LogP contribution in [-0.2, 0) is 19.1 Å². The molecule has 2 aromatic rings. The van der Waals surface area contributed by atoms with Gasteiger partial charge in [-0.1, -0.05) is 18.2 Å². The summed E-state index contributed by atoms with van der Waals surface area (Å²) < 4.78 is 10.6. The summed E-state index contributed by atoms with van der Waals surface area (Å²) in [4.78, 5) is 38.3. The number of esters is 1. The molecule has 1 fully saturated rings. The molecule has 2 amide bonds. The van der Waals surface area contributed by atoms with Crippen molar-refractivity contribution in [2.24, 2.45) is 0 Å². The maximum absolute atomic E-state index is 12.5. The van der Waals surface area contributed by atoms with Crippen molar-refractivity contribution in [3.05, 3.63) is 53.5 Å². The number of hydrogen-bond donors (Lipinski definition) is 1. The first kappa shape index (κ1) is 20.0. The second-order valence-corrected chi connectivity index (χ2v) is 7.68. The Bertz CT molecular complexity index is 860. The van der Waals surface area contributed by atoms with Crippen LogP contribution in [0.3, 0.4) is 0 Å². The van der Waals surface area contributed by atoms with E-state index in [1.165, 1.54) is 29.8 Å². The molecule has 1 N–H and O–H groups in total. The van der Waals surface area contributed by atoms with E-state index in [1.54, 1.807) is 12.1 Å². The van der Waals surface area contributed by atoms with Gasteiger partial charge in [0.15, 0.2) is 6.61 Å². The van der Waals surface area contributed by atoms with Gasteiger partial charge in [-0.05, 0) is 37.1 Å². The number of carbonyl (C=O) groups is 3. The van der Waals surface area contributed by atoms with E-state index in [0.717, 1.165) is 11.1 Å². The van der Waals surface area contributed by atoms with Crippen molar-refractivity contribution in [2.75, 3.05) is 17.7 Å². The Morgan fingerprint density at radius 2 is 1.93 bits per heavy atom. The Kier molecular flexibility index (Phi) is 6.08. The first-order valence-electron chi connectivity index (χ1n) is 8.85. The molecule has 148 valence electrons. The molecule has 0 radical (unpaired) electrons. The van der Waals surface area contributed by atoms with Gasteiger partial charge in [0.2, 0.25) is 5.91 Å². The van der Waals surface area contributed by atoms with Crippen LogP contribution in [0.1, 0.15) is 29.2 Å².